The van der Waals surface area contributed by atoms with E-state index in [2.05, 4.69) is 11.8 Å². The lowest BCUT2D eigenvalue weighted by atomic mass is 10.1. The summed E-state index contributed by atoms with van der Waals surface area (Å²) in [5.41, 5.74) is 0.816. The number of quaternary nitrogens is 1. The Bertz CT molecular complexity index is 187. The fourth-order valence-electron chi connectivity index (χ4n) is 1.27. The van der Waals surface area contributed by atoms with Gasteiger partial charge in [-0.2, -0.15) is 0 Å². The Balaban J connectivity index is 2.57. The summed E-state index contributed by atoms with van der Waals surface area (Å²) in [5.74, 6) is -0.177. The lowest BCUT2D eigenvalue weighted by Gasteiger charge is -2.18. The third-order valence-electron chi connectivity index (χ3n) is 1.90. The minimum atomic E-state index is -0.177. The highest BCUT2D eigenvalue weighted by atomic mass is 16.5. The minimum absolute atomic E-state index is 0.177. The summed E-state index contributed by atoms with van der Waals surface area (Å²) in [4.78, 5) is 12.4. The molecule has 0 spiro atoms. The molecular weight excluding hydrogens is 142 g/mol. The first-order valence-corrected chi connectivity index (χ1v) is 3.82. The number of ether oxygens (including phenoxy) is 1. The van der Waals surface area contributed by atoms with Crippen molar-refractivity contribution in [3.63, 3.8) is 0 Å². The van der Waals surface area contributed by atoms with E-state index >= 15 is 0 Å². The zero-order valence-electron chi connectivity index (χ0n) is 7.02. The van der Waals surface area contributed by atoms with Crippen LogP contribution in [0.15, 0.2) is 11.6 Å². The van der Waals surface area contributed by atoms with Crippen molar-refractivity contribution in [3.8, 4) is 0 Å². The van der Waals surface area contributed by atoms with Crippen LogP contribution in [0, 0.1) is 0 Å². The molecule has 1 aliphatic heterocycles. The van der Waals surface area contributed by atoms with Gasteiger partial charge in [0, 0.05) is 6.42 Å². The van der Waals surface area contributed by atoms with E-state index in [1.54, 1.807) is 0 Å². The van der Waals surface area contributed by atoms with Crippen LogP contribution in [0.3, 0.4) is 0 Å². The molecule has 0 aromatic rings. The lowest BCUT2D eigenvalue weighted by molar-refractivity contribution is -0.875. The van der Waals surface area contributed by atoms with E-state index in [9.17, 15) is 4.79 Å². The molecule has 0 radical (unpaired) electrons. The summed E-state index contributed by atoms with van der Waals surface area (Å²) in [6.07, 6.45) is 2.95. The number of rotatable bonds is 1. The van der Waals surface area contributed by atoms with Gasteiger partial charge in [0.2, 0.25) is 0 Å². The van der Waals surface area contributed by atoms with Crippen molar-refractivity contribution in [1.29, 1.82) is 0 Å². The number of hydrogen-bond acceptors (Lipinski definition) is 2. The molecule has 1 rings (SSSR count). The van der Waals surface area contributed by atoms with E-state index in [1.807, 2.05) is 6.08 Å². The Morgan fingerprint density at radius 3 is 3.00 bits per heavy atom. The van der Waals surface area contributed by atoms with Crippen LogP contribution in [0.4, 0.5) is 0 Å². The first-order valence-electron chi connectivity index (χ1n) is 3.82. The summed E-state index contributed by atoms with van der Waals surface area (Å²) < 4.78 is 4.62. The predicted octanol–water partition coefficient (Wildman–Crippen LogP) is -0.996. The fraction of sp³-hybridized carbons (Fsp3) is 0.625. The van der Waals surface area contributed by atoms with Crippen molar-refractivity contribution in [2.75, 3.05) is 27.2 Å². The maximum absolute atomic E-state index is 11.0. The van der Waals surface area contributed by atoms with E-state index in [0.29, 0.717) is 0 Å². The molecule has 11 heavy (non-hydrogen) atoms. The van der Waals surface area contributed by atoms with E-state index in [1.165, 1.54) is 12.0 Å². The summed E-state index contributed by atoms with van der Waals surface area (Å²) in [6.45, 7) is 1.91. The maximum Gasteiger partial charge on any atom is 0.339 e. The Morgan fingerprint density at radius 2 is 2.45 bits per heavy atom. The first kappa shape index (κ1) is 8.27. The molecule has 1 aliphatic rings. The Labute approximate surface area is 66.6 Å². The smallest absolute Gasteiger partial charge is 0.339 e. The molecule has 3 nitrogen and oxygen atoms in total. The average Bonchev–Trinajstić information content (AvgIpc) is 2.03. The number of carbonyl (C=O) groups excluding carboxylic acids is 1. The molecule has 0 aromatic heterocycles. The summed E-state index contributed by atoms with van der Waals surface area (Å²) in [7, 11) is 3.50. The third kappa shape index (κ3) is 2.05. The van der Waals surface area contributed by atoms with Crippen LogP contribution < -0.4 is 4.90 Å². The second kappa shape index (κ2) is 3.53. The van der Waals surface area contributed by atoms with Crippen molar-refractivity contribution < 1.29 is 14.4 Å². The zero-order chi connectivity index (χ0) is 8.27. The fourth-order valence-corrected chi connectivity index (χ4v) is 1.27. The van der Waals surface area contributed by atoms with Gasteiger partial charge >= 0.3 is 5.97 Å². The van der Waals surface area contributed by atoms with Crippen LogP contribution in [0.5, 0.6) is 0 Å². The predicted molar refractivity (Wildman–Crippen MR) is 41.3 cm³/mol. The van der Waals surface area contributed by atoms with Gasteiger partial charge in [-0.15, -0.1) is 0 Å². The standard InChI is InChI=1S/C8H13NO2/c1-9-5-3-4-7(6-9)8(10)11-2/h4H,3,5-6H2,1-2H3/p+1. The number of nitrogens with one attached hydrogen (secondary N) is 1. The zero-order valence-corrected chi connectivity index (χ0v) is 7.02. The molecule has 62 valence electrons. The van der Waals surface area contributed by atoms with Crippen molar-refractivity contribution in [2.24, 2.45) is 0 Å². The van der Waals surface area contributed by atoms with E-state index in [0.717, 1.165) is 25.1 Å². The third-order valence-corrected chi connectivity index (χ3v) is 1.90. The molecule has 1 atom stereocenters. The van der Waals surface area contributed by atoms with Gasteiger partial charge < -0.3 is 9.64 Å². The number of esters is 1. The Morgan fingerprint density at radius 1 is 1.73 bits per heavy atom. The molecule has 0 aliphatic carbocycles. The summed E-state index contributed by atoms with van der Waals surface area (Å²) in [5, 5.41) is 0. The molecule has 1 N–H and O–H groups in total. The highest BCUT2D eigenvalue weighted by Crippen LogP contribution is 1.99. The quantitative estimate of drug-likeness (QED) is 0.494. The minimum Gasteiger partial charge on any atom is -0.465 e. The monoisotopic (exact) mass is 156 g/mol. The van der Waals surface area contributed by atoms with Crippen molar-refractivity contribution in [1.82, 2.24) is 0 Å². The molecule has 0 saturated heterocycles. The van der Waals surface area contributed by atoms with Gasteiger partial charge in [-0.3, -0.25) is 0 Å². The molecule has 1 heterocycles. The molecule has 1 unspecified atom stereocenters. The number of hydrogen-bond donors (Lipinski definition) is 1. The van der Waals surface area contributed by atoms with E-state index < -0.39 is 0 Å². The second-order valence-corrected chi connectivity index (χ2v) is 2.89. The molecule has 0 fully saturated rings. The van der Waals surface area contributed by atoms with E-state index in [-0.39, 0.29) is 5.97 Å². The summed E-state index contributed by atoms with van der Waals surface area (Å²) in [6, 6.07) is 0. The SMILES string of the molecule is COC(=O)C1=CCC[NH+](C)C1. The first-order chi connectivity index (χ1) is 5.24. The largest absolute Gasteiger partial charge is 0.465 e. The second-order valence-electron chi connectivity index (χ2n) is 2.89. The molecule has 0 amide bonds. The average molecular weight is 156 g/mol. The number of likely N-dealkylation sites (N-methyl/N-ethyl adjacent to an activating group) is 1. The summed E-state index contributed by atoms with van der Waals surface area (Å²) >= 11 is 0. The number of carbonyl (C=O) groups is 1. The molecular formula is C8H14NO2+. The number of methoxy groups -OCH3 is 1. The lowest BCUT2D eigenvalue weighted by Crippen LogP contribution is -3.09. The van der Waals surface area contributed by atoms with Crippen molar-refractivity contribution in [3.05, 3.63) is 11.6 Å². The van der Waals surface area contributed by atoms with Gasteiger partial charge in [-0.05, 0) is 0 Å². The van der Waals surface area contributed by atoms with Crippen LogP contribution in [-0.2, 0) is 9.53 Å². The highest BCUT2D eigenvalue weighted by molar-refractivity contribution is 5.88. The van der Waals surface area contributed by atoms with Gasteiger partial charge in [0.25, 0.3) is 0 Å². The molecule has 0 bridgehead atoms. The van der Waals surface area contributed by atoms with Crippen LogP contribution >= 0.6 is 0 Å². The maximum atomic E-state index is 11.0. The van der Waals surface area contributed by atoms with Crippen LogP contribution in [0.1, 0.15) is 6.42 Å². The van der Waals surface area contributed by atoms with Crippen molar-refractivity contribution in [2.45, 2.75) is 6.42 Å². The van der Waals surface area contributed by atoms with Crippen LogP contribution in [0.25, 0.3) is 0 Å². The van der Waals surface area contributed by atoms with Crippen molar-refractivity contribution >= 4 is 5.97 Å². The van der Waals surface area contributed by atoms with Crippen LogP contribution in [-0.4, -0.2) is 33.2 Å². The highest BCUT2D eigenvalue weighted by Gasteiger charge is 2.17. The topological polar surface area (TPSA) is 30.7 Å². The molecule has 0 aromatic carbocycles. The van der Waals surface area contributed by atoms with Gasteiger partial charge in [0.1, 0.15) is 6.54 Å². The Kier molecular flexibility index (Phi) is 2.65. The van der Waals surface area contributed by atoms with Gasteiger partial charge in [0.05, 0.1) is 26.3 Å². The molecule has 0 saturated carbocycles. The van der Waals surface area contributed by atoms with Gasteiger partial charge in [0.15, 0.2) is 0 Å². The molecule has 3 heteroatoms. The van der Waals surface area contributed by atoms with E-state index in [4.69, 9.17) is 0 Å². The Hall–Kier alpha value is -0.830. The van der Waals surface area contributed by atoms with Crippen LogP contribution in [0.2, 0.25) is 0 Å². The van der Waals surface area contributed by atoms with Gasteiger partial charge in [-0.1, -0.05) is 6.08 Å². The van der Waals surface area contributed by atoms with Gasteiger partial charge in [-0.25, -0.2) is 4.79 Å². The normalized spacial score (nSPS) is 24.2.